The number of carbonyl (C=O) groups is 1. The van der Waals surface area contributed by atoms with Crippen molar-refractivity contribution >= 4 is 22.5 Å². The van der Waals surface area contributed by atoms with Gasteiger partial charge < -0.3 is 14.8 Å². The highest BCUT2D eigenvalue weighted by molar-refractivity contribution is 7.13. The summed E-state index contributed by atoms with van der Waals surface area (Å²) in [6, 6.07) is 7.70. The van der Waals surface area contributed by atoms with Crippen LogP contribution in [0.1, 0.15) is 31.5 Å². The van der Waals surface area contributed by atoms with E-state index in [-0.39, 0.29) is 11.4 Å². The molecule has 1 aromatic heterocycles. The largest absolute Gasteiger partial charge is 0.497 e. The first-order chi connectivity index (χ1) is 12.0. The second kappa shape index (κ2) is 8.82. The van der Waals surface area contributed by atoms with Gasteiger partial charge >= 0.3 is 6.03 Å². The first-order valence-corrected chi connectivity index (χ1v) is 8.99. The molecule has 25 heavy (non-hydrogen) atoms. The lowest BCUT2D eigenvalue weighted by atomic mass is 9.82. The maximum atomic E-state index is 11.9. The summed E-state index contributed by atoms with van der Waals surface area (Å²) in [5.41, 5.74) is 1.78. The Morgan fingerprint density at radius 2 is 1.96 bits per heavy atom. The van der Waals surface area contributed by atoms with Gasteiger partial charge in [0.25, 0.3) is 0 Å². The van der Waals surface area contributed by atoms with Crippen LogP contribution in [0.5, 0.6) is 5.75 Å². The maximum Gasteiger partial charge on any atom is 0.321 e. The SMILES string of the molecule is COCCCNC(=O)Nc1nc(C(C)(C)c2ccc(OC)cc2)cs1. The molecule has 1 aromatic carbocycles. The molecule has 1 heterocycles. The highest BCUT2D eigenvalue weighted by Crippen LogP contribution is 2.34. The first kappa shape index (κ1) is 19.2. The predicted octanol–water partition coefficient (Wildman–Crippen LogP) is 3.64. The fourth-order valence-corrected chi connectivity index (χ4v) is 3.21. The van der Waals surface area contributed by atoms with Gasteiger partial charge in [0.1, 0.15) is 5.75 Å². The monoisotopic (exact) mass is 363 g/mol. The molecule has 0 unspecified atom stereocenters. The van der Waals surface area contributed by atoms with Gasteiger partial charge in [-0.1, -0.05) is 26.0 Å². The molecule has 0 aliphatic carbocycles. The fraction of sp³-hybridized carbons (Fsp3) is 0.444. The standard InChI is InChI=1S/C18H25N3O3S/c1-18(2,13-6-8-14(24-4)9-7-13)15-12-25-17(20-15)21-16(22)19-10-5-11-23-3/h6-9,12H,5,10-11H2,1-4H3,(H2,19,20,21,22). The second-order valence-electron chi connectivity index (χ2n) is 6.12. The van der Waals surface area contributed by atoms with E-state index in [4.69, 9.17) is 9.47 Å². The van der Waals surface area contributed by atoms with Gasteiger partial charge in [0, 0.05) is 31.1 Å². The van der Waals surface area contributed by atoms with E-state index in [0.717, 1.165) is 23.4 Å². The van der Waals surface area contributed by atoms with Crippen molar-refractivity contribution in [2.75, 3.05) is 32.7 Å². The molecule has 6 nitrogen and oxygen atoms in total. The zero-order chi connectivity index (χ0) is 18.3. The molecule has 0 radical (unpaired) electrons. The number of methoxy groups -OCH3 is 2. The van der Waals surface area contributed by atoms with Crippen LogP contribution in [0.2, 0.25) is 0 Å². The normalized spacial score (nSPS) is 11.2. The van der Waals surface area contributed by atoms with Crippen LogP contribution in [0.25, 0.3) is 0 Å². The van der Waals surface area contributed by atoms with Gasteiger partial charge in [0.15, 0.2) is 5.13 Å². The molecule has 0 atom stereocenters. The minimum absolute atomic E-state index is 0.251. The number of nitrogens with one attached hydrogen (secondary N) is 2. The van der Waals surface area contributed by atoms with Crippen molar-refractivity contribution in [1.29, 1.82) is 0 Å². The fourth-order valence-electron chi connectivity index (χ4n) is 2.33. The smallest absolute Gasteiger partial charge is 0.321 e. The Hall–Kier alpha value is -2.12. The van der Waals surface area contributed by atoms with Crippen LogP contribution in [-0.2, 0) is 10.2 Å². The number of amides is 2. The highest BCUT2D eigenvalue weighted by atomic mass is 32.1. The average Bonchev–Trinajstić information content (AvgIpc) is 3.08. The number of hydrogen-bond donors (Lipinski definition) is 2. The molecule has 0 fully saturated rings. The van der Waals surface area contributed by atoms with Crippen molar-refractivity contribution in [3.05, 3.63) is 40.9 Å². The summed E-state index contributed by atoms with van der Waals surface area (Å²) in [6.45, 7) is 5.41. The zero-order valence-electron chi connectivity index (χ0n) is 15.1. The van der Waals surface area contributed by atoms with Gasteiger partial charge in [-0.25, -0.2) is 9.78 Å². The van der Waals surface area contributed by atoms with E-state index >= 15 is 0 Å². The van der Waals surface area contributed by atoms with Crippen molar-refractivity contribution < 1.29 is 14.3 Å². The summed E-state index contributed by atoms with van der Waals surface area (Å²) < 4.78 is 10.2. The van der Waals surface area contributed by atoms with Gasteiger partial charge in [0.05, 0.1) is 12.8 Å². The first-order valence-electron chi connectivity index (χ1n) is 8.11. The van der Waals surface area contributed by atoms with E-state index in [1.807, 2.05) is 29.6 Å². The van der Waals surface area contributed by atoms with Gasteiger partial charge in [0.2, 0.25) is 0 Å². The molecule has 0 spiro atoms. The Morgan fingerprint density at radius 1 is 1.24 bits per heavy atom. The highest BCUT2D eigenvalue weighted by Gasteiger charge is 2.26. The summed E-state index contributed by atoms with van der Waals surface area (Å²) in [6.07, 6.45) is 0.775. The Bertz CT molecular complexity index is 683. The molecular formula is C18H25N3O3S. The van der Waals surface area contributed by atoms with Gasteiger partial charge in [-0.2, -0.15) is 0 Å². The molecule has 0 aliphatic rings. The van der Waals surface area contributed by atoms with Crippen molar-refractivity contribution in [2.45, 2.75) is 25.7 Å². The number of ether oxygens (including phenoxy) is 2. The Morgan fingerprint density at radius 3 is 2.60 bits per heavy atom. The molecule has 2 rings (SSSR count). The van der Waals surface area contributed by atoms with Crippen molar-refractivity contribution in [3.8, 4) is 5.75 Å². The minimum atomic E-state index is -0.266. The molecule has 136 valence electrons. The zero-order valence-corrected chi connectivity index (χ0v) is 15.9. The third kappa shape index (κ3) is 5.17. The molecule has 0 bridgehead atoms. The van der Waals surface area contributed by atoms with Crippen LogP contribution in [-0.4, -0.2) is 38.4 Å². The maximum absolute atomic E-state index is 11.9. The van der Waals surface area contributed by atoms with Gasteiger partial charge in [-0.15, -0.1) is 11.3 Å². The summed E-state index contributed by atoms with van der Waals surface area (Å²) in [7, 11) is 3.29. The van der Waals surface area contributed by atoms with E-state index in [2.05, 4.69) is 29.5 Å². The van der Waals surface area contributed by atoms with Crippen molar-refractivity contribution in [2.24, 2.45) is 0 Å². The molecule has 2 amide bonds. The second-order valence-corrected chi connectivity index (χ2v) is 6.98. The molecule has 0 saturated heterocycles. The van der Waals surface area contributed by atoms with Crippen molar-refractivity contribution in [3.63, 3.8) is 0 Å². The number of urea groups is 1. The molecule has 7 heteroatoms. The van der Waals surface area contributed by atoms with E-state index < -0.39 is 0 Å². The number of rotatable bonds is 8. The molecule has 2 aromatic rings. The van der Waals surface area contributed by atoms with E-state index in [1.165, 1.54) is 11.3 Å². The van der Waals surface area contributed by atoms with Crippen LogP contribution in [0.4, 0.5) is 9.93 Å². The summed E-state index contributed by atoms with van der Waals surface area (Å²) >= 11 is 1.42. The third-order valence-corrected chi connectivity index (χ3v) is 4.75. The van der Waals surface area contributed by atoms with Crippen LogP contribution >= 0.6 is 11.3 Å². The number of aromatic nitrogens is 1. The van der Waals surface area contributed by atoms with Crippen LogP contribution in [0.3, 0.4) is 0 Å². The van der Waals surface area contributed by atoms with E-state index in [9.17, 15) is 4.79 Å². The minimum Gasteiger partial charge on any atom is -0.497 e. The number of carbonyl (C=O) groups excluding carboxylic acids is 1. The Balaban J connectivity index is 1.99. The topological polar surface area (TPSA) is 72.5 Å². The lowest BCUT2D eigenvalue weighted by Crippen LogP contribution is -2.30. The van der Waals surface area contributed by atoms with Crippen LogP contribution in [0, 0.1) is 0 Å². The van der Waals surface area contributed by atoms with Crippen LogP contribution in [0.15, 0.2) is 29.6 Å². The number of benzene rings is 1. The predicted molar refractivity (Wildman–Crippen MR) is 101 cm³/mol. The van der Waals surface area contributed by atoms with Crippen molar-refractivity contribution in [1.82, 2.24) is 10.3 Å². The van der Waals surface area contributed by atoms with Gasteiger partial charge in [-0.3, -0.25) is 5.32 Å². The number of nitrogens with zero attached hydrogens (tertiary/aromatic N) is 1. The molecule has 2 N–H and O–H groups in total. The molecule has 0 saturated carbocycles. The average molecular weight is 363 g/mol. The summed E-state index contributed by atoms with van der Waals surface area (Å²) in [4.78, 5) is 16.4. The quantitative estimate of drug-likeness (QED) is 0.703. The Kier molecular flexibility index (Phi) is 6.78. The lowest BCUT2D eigenvalue weighted by molar-refractivity contribution is 0.194. The summed E-state index contributed by atoms with van der Waals surface area (Å²) in [5, 5.41) is 8.12. The van der Waals surface area contributed by atoms with Crippen LogP contribution < -0.4 is 15.4 Å². The van der Waals surface area contributed by atoms with Gasteiger partial charge in [-0.05, 0) is 24.1 Å². The molecule has 0 aliphatic heterocycles. The number of anilines is 1. The number of hydrogen-bond acceptors (Lipinski definition) is 5. The summed E-state index contributed by atoms with van der Waals surface area (Å²) in [5.74, 6) is 0.824. The Labute approximate surface area is 152 Å². The lowest BCUT2D eigenvalue weighted by Gasteiger charge is -2.23. The van der Waals surface area contributed by atoms with E-state index in [1.54, 1.807) is 14.2 Å². The third-order valence-electron chi connectivity index (χ3n) is 3.99. The van der Waals surface area contributed by atoms with E-state index in [0.29, 0.717) is 18.3 Å². The number of thiazole rings is 1. The molecular weight excluding hydrogens is 338 g/mol.